The fourth-order valence-electron chi connectivity index (χ4n) is 3.49. The molecular weight excluding hydrogens is 400 g/mol. The molecule has 154 valence electrons. The molecule has 0 saturated carbocycles. The monoisotopic (exact) mass is 422 g/mol. The van der Waals surface area contributed by atoms with Gasteiger partial charge < -0.3 is 9.64 Å². The standard InChI is InChI=1S/C23H22N2O4S/c1-2-29-20-10-8-19(9-11-20)24-30(27,28)21-12-13-22-18(16-21)14-15-25(22)23(26)17-6-4-3-5-7-17/h3-13,16,24H,2,14-15H2,1H3. The number of anilines is 2. The lowest BCUT2D eigenvalue weighted by molar-refractivity contribution is 0.0989. The molecule has 1 amide bonds. The van der Waals surface area contributed by atoms with E-state index in [0.717, 1.165) is 11.3 Å². The molecule has 7 heteroatoms. The smallest absolute Gasteiger partial charge is 0.261 e. The second-order valence-corrected chi connectivity index (χ2v) is 8.61. The van der Waals surface area contributed by atoms with E-state index in [0.29, 0.717) is 36.6 Å². The second-order valence-electron chi connectivity index (χ2n) is 6.93. The fourth-order valence-corrected chi connectivity index (χ4v) is 4.60. The first-order chi connectivity index (χ1) is 14.5. The molecular formula is C23H22N2O4S. The van der Waals surface area contributed by atoms with Gasteiger partial charge in [0.25, 0.3) is 15.9 Å². The molecule has 6 nitrogen and oxygen atoms in total. The quantitative estimate of drug-likeness (QED) is 0.649. The molecule has 0 saturated heterocycles. The summed E-state index contributed by atoms with van der Waals surface area (Å²) in [5.74, 6) is 0.596. The Bertz CT molecular complexity index is 1160. The number of sulfonamides is 1. The molecule has 0 aliphatic carbocycles. The second kappa shape index (κ2) is 8.20. The molecule has 0 unspecified atom stereocenters. The molecule has 1 heterocycles. The number of hydrogen-bond donors (Lipinski definition) is 1. The number of nitrogens with one attached hydrogen (secondary N) is 1. The van der Waals surface area contributed by atoms with Crippen LogP contribution in [-0.4, -0.2) is 27.5 Å². The average molecular weight is 423 g/mol. The van der Waals surface area contributed by atoms with Crippen LogP contribution in [0.25, 0.3) is 0 Å². The zero-order chi connectivity index (χ0) is 21.1. The third kappa shape index (κ3) is 4.02. The van der Waals surface area contributed by atoms with Crippen LogP contribution in [0, 0.1) is 0 Å². The SMILES string of the molecule is CCOc1ccc(NS(=O)(=O)c2ccc3c(c2)CCN3C(=O)c2ccccc2)cc1. The van der Waals surface area contributed by atoms with Gasteiger partial charge in [-0.1, -0.05) is 18.2 Å². The predicted octanol–water partition coefficient (Wildman–Crippen LogP) is 4.09. The third-order valence-electron chi connectivity index (χ3n) is 4.94. The summed E-state index contributed by atoms with van der Waals surface area (Å²) in [6.07, 6.45) is 0.611. The van der Waals surface area contributed by atoms with Gasteiger partial charge in [0.05, 0.1) is 11.5 Å². The van der Waals surface area contributed by atoms with Crippen molar-refractivity contribution in [3.63, 3.8) is 0 Å². The summed E-state index contributed by atoms with van der Waals surface area (Å²) in [4.78, 5) is 14.7. The number of nitrogens with zero attached hydrogens (tertiary/aromatic N) is 1. The van der Waals surface area contributed by atoms with Crippen molar-refractivity contribution in [1.82, 2.24) is 0 Å². The van der Waals surface area contributed by atoms with Crippen molar-refractivity contribution in [1.29, 1.82) is 0 Å². The van der Waals surface area contributed by atoms with Crippen molar-refractivity contribution in [2.45, 2.75) is 18.2 Å². The van der Waals surface area contributed by atoms with Gasteiger partial charge in [0.1, 0.15) is 5.75 Å². The third-order valence-corrected chi connectivity index (χ3v) is 6.32. The maximum Gasteiger partial charge on any atom is 0.261 e. The largest absolute Gasteiger partial charge is 0.494 e. The minimum Gasteiger partial charge on any atom is -0.494 e. The molecule has 0 fully saturated rings. The van der Waals surface area contributed by atoms with Crippen molar-refractivity contribution in [3.8, 4) is 5.75 Å². The highest BCUT2D eigenvalue weighted by Crippen LogP contribution is 2.32. The number of carbonyl (C=O) groups excluding carboxylic acids is 1. The Hall–Kier alpha value is -3.32. The molecule has 0 atom stereocenters. The molecule has 1 N–H and O–H groups in total. The lowest BCUT2D eigenvalue weighted by atomic mass is 10.1. The summed E-state index contributed by atoms with van der Waals surface area (Å²) in [5.41, 5.74) is 2.66. The first-order valence-electron chi connectivity index (χ1n) is 9.73. The van der Waals surface area contributed by atoms with Crippen molar-refractivity contribution in [2.75, 3.05) is 22.8 Å². The summed E-state index contributed by atoms with van der Waals surface area (Å²) in [6, 6.07) is 20.7. The van der Waals surface area contributed by atoms with Gasteiger partial charge in [0.2, 0.25) is 0 Å². The van der Waals surface area contributed by atoms with E-state index in [1.807, 2.05) is 25.1 Å². The lowest BCUT2D eigenvalue weighted by Gasteiger charge is -2.18. The molecule has 0 radical (unpaired) electrons. The molecule has 4 rings (SSSR count). The molecule has 0 spiro atoms. The van der Waals surface area contributed by atoms with Crippen molar-refractivity contribution in [3.05, 3.63) is 83.9 Å². The normalized spacial score (nSPS) is 13.0. The van der Waals surface area contributed by atoms with Crippen molar-refractivity contribution >= 4 is 27.3 Å². The number of amides is 1. The molecule has 1 aliphatic rings. The Balaban J connectivity index is 1.54. The first kappa shape index (κ1) is 20.0. The van der Waals surface area contributed by atoms with Crippen molar-refractivity contribution in [2.24, 2.45) is 0 Å². The van der Waals surface area contributed by atoms with Crippen LogP contribution >= 0.6 is 0 Å². The van der Waals surface area contributed by atoms with E-state index in [1.165, 1.54) is 6.07 Å². The zero-order valence-electron chi connectivity index (χ0n) is 16.5. The summed E-state index contributed by atoms with van der Waals surface area (Å²) >= 11 is 0. The maximum absolute atomic E-state index is 12.8. The van der Waals surface area contributed by atoms with Crippen LogP contribution in [-0.2, 0) is 16.4 Å². The zero-order valence-corrected chi connectivity index (χ0v) is 17.4. The average Bonchev–Trinajstić information content (AvgIpc) is 3.18. The van der Waals surface area contributed by atoms with Crippen LogP contribution in [0.4, 0.5) is 11.4 Å². The summed E-state index contributed by atoms with van der Waals surface area (Å²) < 4.78 is 33.6. The van der Waals surface area contributed by atoms with E-state index in [9.17, 15) is 13.2 Å². The molecule has 3 aromatic carbocycles. The van der Waals surface area contributed by atoms with Gasteiger partial charge in [-0.25, -0.2) is 8.42 Å². The van der Waals surface area contributed by atoms with Crippen LogP contribution < -0.4 is 14.4 Å². The van der Waals surface area contributed by atoms with Crippen LogP contribution in [0.3, 0.4) is 0 Å². The Labute approximate surface area is 176 Å². The number of fused-ring (bicyclic) bond motifs is 1. The predicted molar refractivity (Wildman–Crippen MR) is 117 cm³/mol. The van der Waals surface area contributed by atoms with E-state index in [-0.39, 0.29) is 10.8 Å². The van der Waals surface area contributed by atoms with E-state index >= 15 is 0 Å². The lowest BCUT2D eigenvalue weighted by Crippen LogP contribution is -2.28. The van der Waals surface area contributed by atoms with Crippen LogP contribution in [0.5, 0.6) is 5.75 Å². The highest BCUT2D eigenvalue weighted by molar-refractivity contribution is 7.92. The summed E-state index contributed by atoms with van der Waals surface area (Å²) in [7, 11) is -3.74. The Morgan fingerprint density at radius 1 is 1.03 bits per heavy atom. The fraction of sp³-hybridized carbons (Fsp3) is 0.174. The Kier molecular flexibility index (Phi) is 5.46. The minimum absolute atomic E-state index is 0.0857. The van der Waals surface area contributed by atoms with Crippen molar-refractivity contribution < 1.29 is 17.9 Å². The minimum atomic E-state index is -3.74. The molecule has 1 aliphatic heterocycles. The van der Waals surface area contributed by atoms with E-state index in [4.69, 9.17) is 4.74 Å². The van der Waals surface area contributed by atoms with Gasteiger partial charge >= 0.3 is 0 Å². The highest BCUT2D eigenvalue weighted by Gasteiger charge is 2.27. The first-order valence-corrected chi connectivity index (χ1v) is 11.2. The maximum atomic E-state index is 12.8. The number of rotatable bonds is 6. The van der Waals surface area contributed by atoms with E-state index in [2.05, 4.69) is 4.72 Å². The van der Waals surface area contributed by atoms with Crippen LogP contribution in [0.15, 0.2) is 77.7 Å². The number of benzene rings is 3. The summed E-state index contributed by atoms with van der Waals surface area (Å²) in [5, 5.41) is 0. The molecule has 3 aromatic rings. The van der Waals surface area contributed by atoms with Gasteiger partial charge in [-0.2, -0.15) is 0 Å². The highest BCUT2D eigenvalue weighted by atomic mass is 32.2. The van der Waals surface area contributed by atoms with Gasteiger partial charge in [0.15, 0.2) is 0 Å². The number of hydrogen-bond acceptors (Lipinski definition) is 4. The van der Waals surface area contributed by atoms with Gasteiger partial charge in [0, 0.05) is 23.5 Å². The molecule has 0 bridgehead atoms. The number of carbonyl (C=O) groups is 1. The molecule has 0 aromatic heterocycles. The Morgan fingerprint density at radius 2 is 1.77 bits per heavy atom. The van der Waals surface area contributed by atoms with E-state index < -0.39 is 10.0 Å². The van der Waals surface area contributed by atoms with E-state index in [1.54, 1.807) is 53.4 Å². The van der Waals surface area contributed by atoms with Crippen LogP contribution in [0.2, 0.25) is 0 Å². The Morgan fingerprint density at radius 3 is 2.47 bits per heavy atom. The van der Waals surface area contributed by atoms with Gasteiger partial charge in [-0.3, -0.25) is 9.52 Å². The molecule has 30 heavy (non-hydrogen) atoms. The topological polar surface area (TPSA) is 75.7 Å². The number of ether oxygens (including phenoxy) is 1. The van der Waals surface area contributed by atoms with Gasteiger partial charge in [-0.15, -0.1) is 0 Å². The summed E-state index contributed by atoms with van der Waals surface area (Å²) in [6.45, 7) is 2.96. The van der Waals surface area contributed by atoms with Gasteiger partial charge in [-0.05, 0) is 73.5 Å². The van der Waals surface area contributed by atoms with Crippen LogP contribution in [0.1, 0.15) is 22.8 Å².